The van der Waals surface area contributed by atoms with Crippen LogP contribution >= 0.6 is 0 Å². The van der Waals surface area contributed by atoms with Gasteiger partial charge in [0.15, 0.2) is 5.82 Å². The first-order chi connectivity index (χ1) is 8.20. The summed E-state index contributed by atoms with van der Waals surface area (Å²) >= 11 is 0. The molecule has 0 aliphatic heterocycles. The van der Waals surface area contributed by atoms with Crippen molar-refractivity contribution in [1.29, 1.82) is 0 Å². The topological polar surface area (TPSA) is 115 Å². The molecule has 0 aliphatic carbocycles. The summed E-state index contributed by atoms with van der Waals surface area (Å²) in [6.45, 7) is 4.03. The van der Waals surface area contributed by atoms with E-state index in [1.807, 2.05) is 6.92 Å². The maximum atomic E-state index is 5.32. The van der Waals surface area contributed by atoms with Crippen LogP contribution in [-0.4, -0.2) is 20.1 Å². The molecule has 8 nitrogen and oxygen atoms in total. The summed E-state index contributed by atoms with van der Waals surface area (Å²) in [7, 11) is 0. The number of rotatable bonds is 4. The minimum atomic E-state index is 0.405. The molecule has 17 heavy (non-hydrogen) atoms. The molecular weight excluding hydrogens is 222 g/mol. The number of aromatic nitrogens is 4. The molecule has 0 amide bonds. The highest BCUT2D eigenvalue weighted by molar-refractivity contribution is 5.55. The van der Waals surface area contributed by atoms with Gasteiger partial charge in [0.05, 0.1) is 6.54 Å². The fourth-order valence-electron chi connectivity index (χ4n) is 1.35. The lowest BCUT2D eigenvalue weighted by Crippen LogP contribution is -2.12. The van der Waals surface area contributed by atoms with Crippen molar-refractivity contribution in [2.75, 3.05) is 10.7 Å². The molecule has 4 N–H and O–H groups in total. The monoisotopic (exact) mass is 235 g/mol. The Kier molecular flexibility index (Phi) is 3.15. The molecule has 0 aromatic carbocycles. The Hall–Kier alpha value is -2.22. The zero-order valence-electron chi connectivity index (χ0n) is 9.56. The Bertz CT molecular complexity index is 510. The number of hydrazine groups is 1. The molecule has 2 aromatic rings. The van der Waals surface area contributed by atoms with Crippen molar-refractivity contribution >= 4 is 11.6 Å². The Morgan fingerprint density at radius 3 is 2.71 bits per heavy atom. The largest absolute Gasteiger partial charge is 0.361 e. The van der Waals surface area contributed by atoms with Gasteiger partial charge in [0.1, 0.15) is 18.0 Å². The van der Waals surface area contributed by atoms with Crippen molar-refractivity contribution in [3.63, 3.8) is 0 Å². The normalized spacial score (nSPS) is 10.3. The summed E-state index contributed by atoms with van der Waals surface area (Å²) < 4.78 is 4.98. The molecule has 8 heteroatoms. The molecule has 0 unspecified atom stereocenters. The van der Waals surface area contributed by atoms with Crippen molar-refractivity contribution in [1.82, 2.24) is 20.1 Å². The van der Waals surface area contributed by atoms with Crippen LogP contribution in [0.4, 0.5) is 11.6 Å². The second kappa shape index (κ2) is 4.74. The number of nitrogens with two attached hydrogens (primary N) is 1. The van der Waals surface area contributed by atoms with Crippen LogP contribution in [-0.2, 0) is 6.54 Å². The summed E-state index contributed by atoms with van der Waals surface area (Å²) in [5.74, 6) is 7.67. The third kappa shape index (κ3) is 2.48. The van der Waals surface area contributed by atoms with Gasteiger partial charge < -0.3 is 15.3 Å². The van der Waals surface area contributed by atoms with Gasteiger partial charge in [-0.15, -0.1) is 0 Å². The van der Waals surface area contributed by atoms with E-state index in [0.29, 0.717) is 29.9 Å². The van der Waals surface area contributed by atoms with E-state index in [0.717, 1.165) is 5.56 Å². The molecular formula is C9H13N7O. The lowest BCUT2D eigenvalue weighted by Gasteiger charge is -2.08. The van der Waals surface area contributed by atoms with Crippen LogP contribution in [0.15, 0.2) is 10.9 Å². The average Bonchev–Trinajstić information content (AvgIpc) is 2.74. The summed E-state index contributed by atoms with van der Waals surface area (Å²) in [4.78, 5) is 12.2. The Labute approximate surface area is 97.6 Å². The summed E-state index contributed by atoms with van der Waals surface area (Å²) in [6.07, 6.45) is 1.42. The van der Waals surface area contributed by atoms with Crippen LogP contribution in [0.3, 0.4) is 0 Å². The van der Waals surface area contributed by atoms with Crippen molar-refractivity contribution < 1.29 is 4.52 Å². The molecule has 0 radical (unpaired) electrons. The lowest BCUT2D eigenvalue weighted by atomic mass is 10.3. The van der Waals surface area contributed by atoms with Gasteiger partial charge in [-0.3, -0.25) is 0 Å². The van der Waals surface area contributed by atoms with Crippen molar-refractivity contribution in [3.05, 3.63) is 23.6 Å². The van der Waals surface area contributed by atoms with Crippen LogP contribution in [0, 0.1) is 13.8 Å². The molecule has 0 saturated heterocycles. The smallest absolute Gasteiger partial charge is 0.245 e. The van der Waals surface area contributed by atoms with Gasteiger partial charge in [-0.1, -0.05) is 5.16 Å². The maximum absolute atomic E-state index is 5.32. The van der Waals surface area contributed by atoms with E-state index in [-0.39, 0.29) is 0 Å². The number of aryl methyl sites for hydroxylation is 1. The molecule has 90 valence electrons. The predicted octanol–water partition coefficient (Wildman–Crippen LogP) is 0.374. The molecule has 0 aliphatic rings. The summed E-state index contributed by atoms with van der Waals surface area (Å²) in [5.41, 5.74) is 3.32. The fraction of sp³-hybridized carbons (Fsp3) is 0.333. The van der Waals surface area contributed by atoms with Crippen molar-refractivity contribution in [2.45, 2.75) is 20.4 Å². The van der Waals surface area contributed by atoms with Crippen molar-refractivity contribution in [2.24, 2.45) is 5.84 Å². The first-order valence-electron chi connectivity index (χ1n) is 5.02. The molecule has 2 aromatic heterocycles. The Morgan fingerprint density at radius 1 is 1.29 bits per heavy atom. The van der Waals surface area contributed by atoms with E-state index < -0.39 is 0 Å². The fourth-order valence-corrected chi connectivity index (χ4v) is 1.35. The third-order valence-corrected chi connectivity index (χ3v) is 2.20. The number of hydrogen-bond donors (Lipinski definition) is 3. The van der Waals surface area contributed by atoms with E-state index in [2.05, 4.69) is 30.9 Å². The quantitative estimate of drug-likeness (QED) is 0.514. The standard InChI is InChI=1S/C9H13N7O/c1-5-8(12-4-13-9(5)15-10)11-3-7-14-6(2)16-17-7/h4H,3,10H2,1-2H3,(H2,11,12,13,15). The van der Waals surface area contributed by atoms with Gasteiger partial charge in [0.2, 0.25) is 5.89 Å². The van der Waals surface area contributed by atoms with Gasteiger partial charge in [-0.2, -0.15) is 4.98 Å². The third-order valence-electron chi connectivity index (χ3n) is 2.20. The van der Waals surface area contributed by atoms with E-state index in [9.17, 15) is 0 Å². The highest BCUT2D eigenvalue weighted by atomic mass is 16.5. The van der Waals surface area contributed by atoms with E-state index in [4.69, 9.17) is 10.4 Å². The van der Waals surface area contributed by atoms with Gasteiger partial charge in [-0.25, -0.2) is 15.8 Å². The highest BCUT2D eigenvalue weighted by Gasteiger charge is 2.07. The van der Waals surface area contributed by atoms with E-state index in [1.165, 1.54) is 6.33 Å². The van der Waals surface area contributed by atoms with Crippen LogP contribution in [0.25, 0.3) is 0 Å². The number of nitrogens with zero attached hydrogens (tertiary/aromatic N) is 4. The molecule has 0 bridgehead atoms. The highest BCUT2D eigenvalue weighted by Crippen LogP contribution is 2.17. The molecule has 2 rings (SSSR count). The van der Waals surface area contributed by atoms with Crippen LogP contribution in [0.2, 0.25) is 0 Å². The molecule has 0 spiro atoms. The number of anilines is 2. The van der Waals surface area contributed by atoms with Gasteiger partial charge >= 0.3 is 0 Å². The maximum Gasteiger partial charge on any atom is 0.245 e. The van der Waals surface area contributed by atoms with Gasteiger partial charge in [-0.05, 0) is 13.8 Å². The minimum absolute atomic E-state index is 0.405. The minimum Gasteiger partial charge on any atom is -0.361 e. The lowest BCUT2D eigenvalue weighted by molar-refractivity contribution is 0.379. The first kappa shape index (κ1) is 11.3. The second-order valence-electron chi connectivity index (χ2n) is 3.43. The number of nitrogen functional groups attached to an aromatic ring is 1. The molecule has 2 heterocycles. The predicted molar refractivity (Wildman–Crippen MR) is 60.9 cm³/mol. The van der Waals surface area contributed by atoms with Crippen LogP contribution in [0.1, 0.15) is 17.3 Å². The van der Waals surface area contributed by atoms with Crippen molar-refractivity contribution in [3.8, 4) is 0 Å². The number of nitrogens with one attached hydrogen (secondary N) is 2. The SMILES string of the molecule is Cc1noc(CNc2ncnc(NN)c2C)n1. The van der Waals surface area contributed by atoms with Gasteiger partial charge in [0.25, 0.3) is 0 Å². The Morgan fingerprint density at radius 2 is 2.06 bits per heavy atom. The van der Waals surface area contributed by atoms with Crippen LogP contribution in [0.5, 0.6) is 0 Å². The summed E-state index contributed by atoms with van der Waals surface area (Å²) in [6, 6.07) is 0. The Balaban J connectivity index is 2.09. The first-order valence-corrected chi connectivity index (χ1v) is 5.02. The molecule has 0 atom stereocenters. The second-order valence-corrected chi connectivity index (χ2v) is 3.43. The zero-order valence-corrected chi connectivity index (χ0v) is 9.56. The molecule has 0 fully saturated rings. The summed E-state index contributed by atoms with van der Waals surface area (Å²) in [5, 5.41) is 6.77. The molecule has 0 saturated carbocycles. The van der Waals surface area contributed by atoms with Gasteiger partial charge in [0, 0.05) is 5.56 Å². The van der Waals surface area contributed by atoms with E-state index >= 15 is 0 Å². The zero-order chi connectivity index (χ0) is 12.3. The van der Waals surface area contributed by atoms with E-state index in [1.54, 1.807) is 6.92 Å². The number of hydrogen-bond acceptors (Lipinski definition) is 8. The average molecular weight is 235 g/mol. The van der Waals surface area contributed by atoms with Crippen LogP contribution < -0.4 is 16.6 Å².